The number of fused-ring (bicyclic) bond motifs is 1. The maximum absolute atomic E-state index is 12.1. The molecular weight excluding hydrogens is 349 g/mol. The first-order chi connectivity index (χ1) is 11.5. The fourth-order valence-electron chi connectivity index (χ4n) is 2.36. The molecule has 0 spiro atoms. The number of halogens is 2. The van der Waals surface area contributed by atoms with Gasteiger partial charge in [-0.2, -0.15) is 0 Å². The lowest BCUT2D eigenvalue weighted by Crippen LogP contribution is -2.12. The minimum Gasteiger partial charge on any atom is -0.423 e. The molecule has 0 atom stereocenters. The van der Waals surface area contributed by atoms with E-state index in [4.69, 9.17) is 27.6 Å². The quantitative estimate of drug-likeness (QED) is 0.686. The van der Waals surface area contributed by atoms with Crippen molar-refractivity contribution in [1.82, 2.24) is 0 Å². The Labute approximate surface area is 148 Å². The summed E-state index contributed by atoms with van der Waals surface area (Å²) in [4.78, 5) is 23.3. The van der Waals surface area contributed by atoms with Crippen molar-refractivity contribution in [1.29, 1.82) is 0 Å². The van der Waals surface area contributed by atoms with Gasteiger partial charge < -0.3 is 9.73 Å². The van der Waals surface area contributed by atoms with Crippen LogP contribution in [0.4, 0.5) is 5.69 Å². The number of anilines is 1. The molecule has 0 saturated heterocycles. The Kier molecular flexibility index (Phi) is 4.88. The zero-order valence-electron chi connectivity index (χ0n) is 12.5. The summed E-state index contributed by atoms with van der Waals surface area (Å²) >= 11 is 12.1. The second-order valence-corrected chi connectivity index (χ2v) is 6.05. The Morgan fingerprint density at radius 1 is 1.08 bits per heavy atom. The third-order valence-electron chi connectivity index (χ3n) is 3.56. The molecule has 4 nitrogen and oxygen atoms in total. The van der Waals surface area contributed by atoms with Crippen molar-refractivity contribution >= 4 is 45.8 Å². The van der Waals surface area contributed by atoms with E-state index in [1.54, 1.807) is 36.4 Å². The molecule has 1 N–H and O–H groups in total. The summed E-state index contributed by atoms with van der Waals surface area (Å²) in [7, 11) is 0. The van der Waals surface area contributed by atoms with Gasteiger partial charge in [0.2, 0.25) is 5.91 Å². The molecule has 1 amide bonds. The molecule has 0 aliphatic rings. The molecule has 0 fully saturated rings. The van der Waals surface area contributed by atoms with E-state index in [0.29, 0.717) is 27.7 Å². The third kappa shape index (κ3) is 3.78. The summed E-state index contributed by atoms with van der Waals surface area (Å²) in [5, 5.41) is 4.52. The van der Waals surface area contributed by atoms with E-state index in [9.17, 15) is 9.59 Å². The van der Waals surface area contributed by atoms with E-state index >= 15 is 0 Å². The topological polar surface area (TPSA) is 59.3 Å². The number of carbonyl (C=O) groups is 1. The first kappa shape index (κ1) is 16.6. The van der Waals surface area contributed by atoms with Crippen LogP contribution in [-0.4, -0.2) is 5.91 Å². The van der Waals surface area contributed by atoms with Gasteiger partial charge in [0.05, 0.1) is 10.0 Å². The number of rotatable bonds is 4. The monoisotopic (exact) mass is 361 g/mol. The highest BCUT2D eigenvalue weighted by Gasteiger charge is 2.08. The maximum Gasteiger partial charge on any atom is 0.336 e. The van der Waals surface area contributed by atoms with Crippen LogP contribution in [0.3, 0.4) is 0 Å². The van der Waals surface area contributed by atoms with Crippen molar-refractivity contribution in [3.8, 4) is 0 Å². The van der Waals surface area contributed by atoms with E-state index in [-0.39, 0.29) is 12.3 Å². The van der Waals surface area contributed by atoms with Crippen molar-refractivity contribution in [2.45, 2.75) is 12.8 Å². The van der Waals surface area contributed by atoms with E-state index < -0.39 is 5.63 Å². The molecule has 0 saturated carbocycles. The van der Waals surface area contributed by atoms with E-state index in [2.05, 4.69) is 5.32 Å². The summed E-state index contributed by atoms with van der Waals surface area (Å²) in [6.45, 7) is 0. The number of benzene rings is 2. The molecular formula is C18H13Cl2NO3. The van der Waals surface area contributed by atoms with Crippen molar-refractivity contribution < 1.29 is 9.21 Å². The predicted molar refractivity (Wildman–Crippen MR) is 95.9 cm³/mol. The van der Waals surface area contributed by atoms with Crippen LogP contribution >= 0.6 is 23.2 Å². The Balaban J connectivity index is 1.67. The smallest absolute Gasteiger partial charge is 0.336 e. The van der Waals surface area contributed by atoms with Gasteiger partial charge in [-0.3, -0.25) is 4.79 Å². The van der Waals surface area contributed by atoms with Gasteiger partial charge in [-0.25, -0.2) is 4.79 Å². The number of amides is 1. The van der Waals surface area contributed by atoms with Crippen LogP contribution in [0.2, 0.25) is 10.0 Å². The Morgan fingerprint density at radius 3 is 2.75 bits per heavy atom. The highest BCUT2D eigenvalue weighted by Crippen LogP contribution is 2.26. The Morgan fingerprint density at radius 2 is 1.92 bits per heavy atom. The molecule has 0 aliphatic carbocycles. The van der Waals surface area contributed by atoms with Gasteiger partial charge >= 0.3 is 5.63 Å². The van der Waals surface area contributed by atoms with Gasteiger partial charge in [0.1, 0.15) is 5.58 Å². The first-order valence-corrected chi connectivity index (χ1v) is 8.05. The zero-order chi connectivity index (χ0) is 17.1. The Hall–Kier alpha value is -2.30. The molecule has 6 heteroatoms. The van der Waals surface area contributed by atoms with Gasteiger partial charge in [-0.05, 0) is 42.3 Å². The summed E-state index contributed by atoms with van der Waals surface area (Å²) < 4.78 is 5.06. The average Bonchev–Trinajstić information content (AvgIpc) is 2.56. The second kappa shape index (κ2) is 7.07. The first-order valence-electron chi connectivity index (χ1n) is 7.29. The van der Waals surface area contributed by atoms with Gasteiger partial charge in [0.15, 0.2) is 0 Å². The number of nitrogens with one attached hydrogen (secondary N) is 1. The largest absolute Gasteiger partial charge is 0.423 e. The minimum atomic E-state index is -0.405. The molecule has 24 heavy (non-hydrogen) atoms. The molecule has 122 valence electrons. The van der Waals surface area contributed by atoms with Gasteiger partial charge in [-0.15, -0.1) is 0 Å². The molecule has 3 rings (SSSR count). The van der Waals surface area contributed by atoms with Crippen molar-refractivity contribution in [3.05, 3.63) is 74.6 Å². The number of aryl methyl sites for hydroxylation is 1. The fraction of sp³-hybridized carbons (Fsp3) is 0.111. The van der Waals surface area contributed by atoms with Crippen LogP contribution < -0.4 is 10.9 Å². The fourth-order valence-corrected chi connectivity index (χ4v) is 2.78. The molecule has 0 aliphatic heterocycles. The van der Waals surface area contributed by atoms with Crippen molar-refractivity contribution in [2.75, 3.05) is 5.32 Å². The summed E-state index contributed by atoms with van der Waals surface area (Å²) in [6.07, 6.45) is 0.773. The van der Waals surface area contributed by atoms with Crippen LogP contribution in [0.1, 0.15) is 12.0 Å². The lowest BCUT2D eigenvalue weighted by molar-refractivity contribution is -0.116. The lowest BCUT2D eigenvalue weighted by Gasteiger charge is -2.08. The zero-order valence-corrected chi connectivity index (χ0v) is 14.0. The molecule has 0 bridgehead atoms. The van der Waals surface area contributed by atoms with Crippen LogP contribution in [0.15, 0.2) is 57.7 Å². The summed E-state index contributed by atoms with van der Waals surface area (Å²) in [6, 6.07) is 13.5. The van der Waals surface area contributed by atoms with E-state index in [0.717, 1.165) is 10.9 Å². The van der Waals surface area contributed by atoms with E-state index in [1.165, 1.54) is 6.07 Å². The predicted octanol–water partition coefficient (Wildman–Crippen LogP) is 4.67. The maximum atomic E-state index is 12.1. The Bertz CT molecular complexity index is 966. The summed E-state index contributed by atoms with van der Waals surface area (Å²) in [5.41, 5.74) is 1.54. The van der Waals surface area contributed by atoms with Crippen molar-refractivity contribution in [2.24, 2.45) is 0 Å². The number of hydrogen-bond acceptors (Lipinski definition) is 3. The minimum absolute atomic E-state index is 0.136. The van der Waals surface area contributed by atoms with Crippen LogP contribution in [0, 0.1) is 0 Å². The van der Waals surface area contributed by atoms with Crippen LogP contribution in [0.5, 0.6) is 0 Å². The third-order valence-corrected chi connectivity index (χ3v) is 4.41. The molecule has 2 aromatic carbocycles. The van der Waals surface area contributed by atoms with Gasteiger partial charge in [-0.1, -0.05) is 35.3 Å². The molecule has 1 heterocycles. The average molecular weight is 362 g/mol. The SMILES string of the molecule is O=C(CCc1cccc(Cl)c1Cl)Nc1ccc2oc(=O)ccc2c1. The normalized spacial score (nSPS) is 10.8. The summed E-state index contributed by atoms with van der Waals surface area (Å²) in [5.74, 6) is -0.136. The van der Waals surface area contributed by atoms with E-state index in [1.807, 2.05) is 6.07 Å². The molecule has 0 radical (unpaired) electrons. The van der Waals surface area contributed by atoms with Gasteiger partial charge in [0.25, 0.3) is 0 Å². The number of carbonyl (C=O) groups excluding carboxylic acids is 1. The number of hydrogen-bond donors (Lipinski definition) is 1. The van der Waals surface area contributed by atoms with Crippen molar-refractivity contribution in [3.63, 3.8) is 0 Å². The second-order valence-electron chi connectivity index (χ2n) is 5.27. The standard InChI is InChI=1S/C18H13Cl2NO3/c19-14-3-1-2-11(18(14)20)4-8-16(22)21-13-6-7-15-12(10-13)5-9-17(23)24-15/h1-3,5-7,9-10H,4,8H2,(H,21,22). The highest BCUT2D eigenvalue weighted by molar-refractivity contribution is 6.42. The molecule has 0 unspecified atom stereocenters. The molecule has 1 aromatic heterocycles. The highest BCUT2D eigenvalue weighted by atomic mass is 35.5. The molecule has 3 aromatic rings. The van der Waals surface area contributed by atoms with Gasteiger partial charge in [0, 0.05) is 23.6 Å². The lowest BCUT2D eigenvalue weighted by atomic mass is 10.1. The van der Waals surface area contributed by atoms with Crippen LogP contribution in [-0.2, 0) is 11.2 Å². The van der Waals surface area contributed by atoms with Crippen LogP contribution in [0.25, 0.3) is 11.0 Å².